The standard InChI is InChI=1S/C16H23FN2O3/c1-12-3-4-14(17)7-13(12)8-19-5-6-22-15(10-19)9-18(2)11-16(20)21/h3-4,7,15H,5-6,8-11H2,1-2H3,(H,20,21). The minimum absolute atomic E-state index is 0.00284. The topological polar surface area (TPSA) is 53.0 Å². The number of likely N-dealkylation sites (N-methyl/N-ethyl adjacent to an activating group) is 1. The molecule has 1 aromatic rings. The number of rotatable bonds is 6. The van der Waals surface area contributed by atoms with Gasteiger partial charge in [0.25, 0.3) is 0 Å². The highest BCUT2D eigenvalue weighted by Crippen LogP contribution is 2.15. The molecule has 0 amide bonds. The van der Waals surface area contributed by atoms with Gasteiger partial charge in [0.05, 0.1) is 19.3 Å². The molecule has 0 aromatic heterocycles. The van der Waals surface area contributed by atoms with Gasteiger partial charge in [-0.15, -0.1) is 0 Å². The smallest absolute Gasteiger partial charge is 0.317 e. The van der Waals surface area contributed by atoms with Crippen LogP contribution in [0.1, 0.15) is 11.1 Å². The van der Waals surface area contributed by atoms with E-state index in [-0.39, 0.29) is 18.5 Å². The maximum absolute atomic E-state index is 13.4. The Hall–Kier alpha value is -1.50. The van der Waals surface area contributed by atoms with Crippen LogP contribution in [0.15, 0.2) is 18.2 Å². The summed E-state index contributed by atoms with van der Waals surface area (Å²) < 4.78 is 19.1. The molecule has 0 spiro atoms. The molecule has 1 N–H and O–H groups in total. The molecule has 1 heterocycles. The summed E-state index contributed by atoms with van der Waals surface area (Å²) in [7, 11) is 1.77. The zero-order valence-corrected chi connectivity index (χ0v) is 13.1. The van der Waals surface area contributed by atoms with Gasteiger partial charge < -0.3 is 9.84 Å². The first kappa shape index (κ1) is 16.9. The van der Waals surface area contributed by atoms with Crippen molar-refractivity contribution in [3.63, 3.8) is 0 Å². The predicted octanol–water partition coefficient (Wildman–Crippen LogP) is 1.35. The van der Waals surface area contributed by atoms with Crippen molar-refractivity contribution in [3.05, 3.63) is 35.1 Å². The van der Waals surface area contributed by atoms with Gasteiger partial charge in [-0.3, -0.25) is 14.6 Å². The Bertz CT molecular complexity index is 524. The minimum atomic E-state index is -0.842. The van der Waals surface area contributed by atoms with Gasteiger partial charge in [-0.05, 0) is 37.2 Å². The van der Waals surface area contributed by atoms with Crippen LogP contribution in [0.3, 0.4) is 0 Å². The van der Waals surface area contributed by atoms with Crippen molar-refractivity contribution in [2.75, 3.05) is 39.8 Å². The number of hydrogen-bond donors (Lipinski definition) is 1. The van der Waals surface area contributed by atoms with E-state index in [1.807, 2.05) is 6.92 Å². The summed E-state index contributed by atoms with van der Waals surface area (Å²) in [6.07, 6.45) is -0.0213. The van der Waals surface area contributed by atoms with Crippen molar-refractivity contribution in [1.29, 1.82) is 0 Å². The number of hydrogen-bond acceptors (Lipinski definition) is 4. The van der Waals surface area contributed by atoms with Gasteiger partial charge in [0.1, 0.15) is 5.82 Å². The summed E-state index contributed by atoms with van der Waals surface area (Å²) in [6, 6.07) is 4.85. The lowest BCUT2D eigenvalue weighted by atomic mass is 10.1. The highest BCUT2D eigenvalue weighted by Gasteiger charge is 2.22. The largest absolute Gasteiger partial charge is 0.480 e. The number of benzene rings is 1. The number of halogens is 1. The van der Waals surface area contributed by atoms with Crippen LogP contribution in [-0.2, 0) is 16.1 Å². The molecule has 2 rings (SSSR count). The Morgan fingerprint density at radius 1 is 1.55 bits per heavy atom. The first-order chi connectivity index (χ1) is 10.4. The number of nitrogens with zero attached hydrogens (tertiary/aromatic N) is 2. The van der Waals surface area contributed by atoms with Crippen molar-refractivity contribution in [1.82, 2.24) is 9.80 Å². The van der Waals surface area contributed by atoms with Crippen LogP contribution in [0.2, 0.25) is 0 Å². The fraction of sp³-hybridized carbons (Fsp3) is 0.562. The molecule has 1 aromatic carbocycles. The van der Waals surface area contributed by atoms with Crippen LogP contribution in [-0.4, -0.2) is 66.8 Å². The fourth-order valence-corrected chi connectivity index (χ4v) is 2.73. The quantitative estimate of drug-likeness (QED) is 0.859. The van der Waals surface area contributed by atoms with Crippen molar-refractivity contribution in [3.8, 4) is 0 Å². The number of ether oxygens (including phenoxy) is 1. The third-order valence-electron chi connectivity index (χ3n) is 3.85. The summed E-state index contributed by atoms with van der Waals surface area (Å²) in [5.74, 6) is -1.06. The second-order valence-corrected chi connectivity index (χ2v) is 5.89. The Morgan fingerprint density at radius 3 is 3.05 bits per heavy atom. The average Bonchev–Trinajstić information content (AvgIpc) is 2.42. The summed E-state index contributed by atoms with van der Waals surface area (Å²) in [5.41, 5.74) is 2.06. The van der Waals surface area contributed by atoms with Crippen LogP contribution in [0.25, 0.3) is 0 Å². The van der Waals surface area contributed by atoms with Gasteiger partial charge in [0.2, 0.25) is 0 Å². The Morgan fingerprint density at radius 2 is 2.32 bits per heavy atom. The number of morpholine rings is 1. The number of aryl methyl sites for hydroxylation is 1. The Labute approximate surface area is 130 Å². The molecule has 0 bridgehead atoms. The lowest BCUT2D eigenvalue weighted by Crippen LogP contribution is -2.47. The maximum atomic E-state index is 13.4. The SMILES string of the molecule is Cc1ccc(F)cc1CN1CCOC(CN(C)CC(=O)O)C1. The lowest BCUT2D eigenvalue weighted by molar-refractivity contribution is -0.138. The number of carboxylic acid groups (broad SMARTS) is 1. The van der Waals surface area contributed by atoms with Crippen LogP contribution >= 0.6 is 0 Å². The molecule has 1 aliphatic rings. The van der Waals surface area contributed by atoms with Crippen molar-refractivity contribution in [2.45, 2.75) is 19.6 Å². The van der Waals surface area contributed by atoms with Gasteiger partial charge in [-0.25, -0.2) is 4.39 Å². The van der Waals surface area contributed by atoms with E-state index >= 15 is 0 Å². The average molecular weight is 310 g/mol. The molecule has 1 atom stereocenters. The van der Waals surface area contributed by atoms with E-state index in [1.54, 1.807) is 24.1 Å². The second-order valence-electron chi connectivity index (χ2n) is 5.89. The van der Waals surface area contributed by atoms with E-state index in [2.05, 4.69) is 4.90 Å². The van der Waals surface area contributed by atoms with Crippen LogP contribution in [0.5, 0.6) is 0 Å². The van der Waals surface area contributed by atoms with Gasteiger partial charge >= 0.3 is 5.97 Å². The van der Waals surface area contributed by atoms with Crippen LogP contribution in [0.4, 0.5) is 4.39 Å². The third-order valence-corrected chi connectivity index (χ3v) is 3.85. The third kappa shape index (κ3) is 5.05. The molecule has 22 heavy (non-hydrogen) atoms. The summed E-state index contributed by atoms with van der Waals surface area (Å²) in [6.45, 7) is 5.38. The Balaban J connectivity index is 1.90. The zero-order valence-electron chi connectivity index (χ0n) is 13.1. The molecule has 0 radical (unpaired) electrons. The first-order valence-corrected chi connectivity index (χ1v) is 7.43. The van der Waals surface area contributed by atoms with Gasteiger partial charge in [0, 0.05) is 26.2 Å². The van der Waals surface area contributed by atoms with Crippen molar-refractivity contribution < 1.29 is 19.0 Å². The van der Waals surface area contributed by atoms with E-state index in [1.165, 1.54) is 6.07 Å². The highest BCUT2D eigenvalue weighted by atomic mass is 19.1. The minimum Gasteiger partial charge on any atom is -0.480 e. The van der Waals surface area contributed by atoms with Crippen LogP contribution < -0.4 is 0 Å². The summed E-state index contributed by atoms with van der Waals surface area (Å²) in [4.78, 5) is 14.7. The second kappa shape index (κ2) is 7.67. The number of aliphatic carboxylic acids is 1. The molecule has 1 unspecified atom stereocenters. The number of carbonyl (C=O) groups is 1. The van der Waals surface area contributed by atoms with Gasteiger partial charge in [0.15, 0.2) is 0 Å². The zero-order chi connectivity index (χ0) is 16.1. The molecule has 6 heteroatoms. The van der Waals surface area contributed by atoms with E-state index in [0.717, 1.165) is 24.2 Å². The number of carboxylic acids is 1. The van der Waals surface area contributed by atoms with Crippen LogP contribution in [0, 0.1) is 12.7 Å². The summed E-state index contributed by atoms with van der Waals surface area (Å²) in [5, 5.41) is 8.79. The monoisotopic (exact) mass is 310 g/mol. The maximum Gasteiger partial charge on any atom is 0.317 e. The van der Waals surface area contributed by atoms with E-state index in [0.29, 0.717) is 19.7 Å². The fourth-order valence-electron chi connectivity index (χ4n) is 2.73. The molecule has 5 nitrogen and oxygen atoms in total. The molecule has 1 saturated heterocycles. The van der Waals surface area contributed by atoms with Crippen molar-refractivity contribution in [2.24, 2.45) is 0 Å². The molecule has 0 aliphatic carbocycles. The van der Waals surface area contributed by atoms with E-state index in [4.69, 9.17) is 9.84 Å². The summed E-state index contributed by atoms with van der Waals surface area (Å²) >= 11 is 0. The van der Waals surface area contributed by atoms with E-state index in [9.17, 15) is 9.18 Å². The molecular formula is C16H23FN2O3. The molecule has 1 aliphatic heterocycles. The molecule has 1 fully saturated rings. The predicted molar refractivity (Wildman–Crippen MR) is 81.3 cm³/mol. The van der Waals surface area contributed by atoms with Crippen molar-refractivity contribution >= 4 is 5.97 Å². The molecule has 122 valence electrons. The van der Waals surface area contributed by atoms with Gasteiger partial charge in [-0.2, -0.15) is 0 Å². The molecule has 0 saturated carbocycles. The van der Waals surface area contributed by atoms with E-state index < -0.39 is 5.97 Å². The normalized spacial score (nSPS) is 19.5. The lowest BCUT2D eigenvalue weighted by Gasteiger charge is -2.34. The highest BCUT2D eigenvalue weighted by molar-refractivity contribution is 5.69. The van der Waals surface area contributed by atoms with Gasteiger partial charge in [-0.1, -0.05) is 6.07 Å². The Kier molecular flexibility index (Phi) is 5.88. The first-order valence-electron chi connectivity index (χ1n) is 7.43. The molecular weight excluding hydrogens is 287 g/mol.